The lowest BCUT2D eigenvalue weighted by Crippen LogP contribution is -2.38. The van der Waals surface area contributed by atoms with Crippen molar-refractivity contribution in [2.45, 2.75) is 12.5 Å². The van der Waals surface area contributed by atoms with Gasteiger partial charge in [0.1, 0.15) is 6.04 Å². The maximum atomic E-state index is 12.7. The topological polar surface area (TPSA) is 23.6 Å². The van der Waals surface area contributed by atoms with E-state index in [2.05, 4.69) is 17.0 Å². The molecule has 4 rings (SSSR count). The number of thiocarbonyl (C=S) groups is 1. The number of fused-ring (bicyclic) bond motifs is 2. The number of rotatable bonds is 1. The summed E-state index contributed by atoms with van der Waals surface area (Å²) >= 11 is 7.37. The highest BCUT2D eigenvalue weighted by molar-refractivity contribution is 7.99. The van der Waals surface area contributed by atoms with E-state index >= 15 is 0 Å². The van der Waals surface area contributed by atoms with Crippen LogP contribution < -0.4 is 4.90 Å². The fourth-order valence-electron chi connectivity index (χ4n) is 2.97. The molecule has 2 fully saturated rings. The molecule has 0 spiro atoms. The number of hydrogen-bond donors (Lipinski definition) is 0. The molecule has 0 radical (unpaired) electrons. The second kappa shape index (κ2) is 5.00. The van der Waals surface area contributed by atoms with Gasteiger partial charge in [0.25, 0.3) is 5.91 Å². The number of benzene rings is 2. The van der Waals surface area contributed by atoms with E-state index in [1.165, 1.54) is 5.39 Å². The van der Waals surface area contributed by atoms with Crippen molar-refractivity contribution in [3.8, 4) is 0 Å². The van der Waals surface area contributed by atoms with E-state index in [1.54, 1.807) is 4.90 Å². The summed E-state index contributed by atoms with van der Waals surface area (Å²) in [5, 5.41) is 2.95. The van der Waals surface area contributed by atoms with E-state index in [4.69, 9.17) is 12.2 Å². The summed E-state index contributed by atoms with van der Waals surface area (Å²) in [5.74, 6) is 1.97. The van der Waals surface area contributed by atoms with E-state index < -0.39 is 0 Å². The molecule has 106 valence electrons. The molecule has 0 N–H and O–H groups in total. The third-order valence-corrected chi connectivity index (χ3v) is 5.48. The summed E-state index contributed by atoms with van der Waals surface area (Å²) in [5.41, 5.74) is 0.878. The Bertz CT molecular complexity index is 722. The Morgan fingerprint density at radius 2 is 1.95 bits per heavy atom. The van der Waals surface area contributed by atoms with Crippen LogP contribution in [0.15, 0.2) is 42.5 Å². The van der Waals surface area contributed by atoms with E-state index in [-0.39, 0.29) is 11.9 Å². The van der Waals surface area contributed by atoms with Crippen molar-refractivity contribution in [2.24, 2.45) is 0 Å². The lowest BCUT2D eigenvalue weighted by Gasteiger charge is -2.27. The highest BCUT2D eigenvalue weighted by Gasteiger charge is 2.44. The van der Waals surface area contributed by atoms with Crippen LogP contribution in [0, 0.1) is 0 Å². The van der Waals surface area contributed by atoms with Gasteiger partial charge in [0.2, 0.25) is 0 Å². The molecule has 0 bridgehead atoms. The van der Waals surface area contributed by atoms with Crippen LogP contribution in [-0.4, -0.2) is 33.6 Å². The fourth-order valence-corrected chi connectivity index (χ4v) is 4.46. The standard InChI is InChI=1S/C16H14N2OS2/c19-15-14-7-8-21-10-17(14)16(20)18(15)13-6-5-11-3-1-2-4-12(11)9-13/h1-6,9,14H,7-8,10H2. The Labute approximate surface area is 132 Å². The van der Waals surface area contributed by atoms with Crippen LogP contribution in [0.4, 0.5) is 5.69 Å². The third kappa shape index (κ3) is 2.03. The number of carbonyl (C=O) groups excluding carboxylic acids is 1. The van der Waals surface area contributed by atoms with Crippen LogP contribution in [0.3, 0.4) is 0 Å². The zero-order chi connectivity index (χ0) is 14.4. The summed E-state index contributed by atoms with van der Waals surface area (Å²) in [6, 6.07) is 14.2. The Morgan fingerprint density at radius 1 is 1.14 bits per heavy atom. The minimum Gasteiger partial charge on any atom is -0.327 e. The average molecular weight is 314 g/mol. The van der Waals surface area contributed by atoms with E-state index in [0.717, 1.165) is 29.1 Å². The molecule has 2 aliphatic heterocycles. The van der Waals surface area contributed by atoms with Crippen molar-refractivity contribution < 1.29 is 4.79 Å². The number of anilines is 1. The molecule has 1 unspecified atom stereocenters. The molecule has 1 atom stereocenters. The Balaban J connectivity index is 1.77. The predicted molar refractivity (Wildman–Crippen MR) is 91.6 cm³/mol. The summed E-state index contributed by atoms with van der Waals surface area (Å²) < 4.78 is 0. The molecule has 2 aromatic carbocycles. The molecule has 5 heteroatoms. The summed E-state index contributed by atoms with van der Waals surface area (Å²) in [4.78, 5) is 16.4. The quantitative estimate of drug-likeness (QED) is 0.754. The van der Waals surface area contributed by atoms with Crippen molar-refractivity contribution >= 4 is 51.5 Å². The lowest BCUT2D eigenvalue weighted by molar-refractivity contribution is -0.119. The number of nitrogens with zero attached hydrogens (tertiary/aromatic N) is 2. The van der Waals surface area contributed by atoms with Crippen molar-refractivity contribution in [1.82, 2.24) is 4.90 Å². The van der Waals surface area contributed by atoms with Gasteiger partial charge in [-0.3, -0.25) is 9.69 Å². The van der Waals surface area contributed by atoms with Crippen molar-refractivity contribution in [3.05, 3.63) is 42.5 Å². The number of thioether (sulfide) groups is 1. The molecule has 2 aromatic rings. The minimum absolute atomic E-state index is 0.0646. The van der Waals surface area contributed by atoms with Gasteiger partial charge in [-0.1, -0.05) is 30.3 Å². The zero-order valence-corrected chi connectivity index (χ0v) is 13.0. The lowest BCUT2D eigenvalue weighted by atomic mass is 10.1. The molecule has 2 saturated heterocycles. The van der Waals surface area contributed by atoms with Gasteiger partial charge in [-0.2, -0.15) is 0 Å². The van der Waals surface area contributed by atoms with Gasteiger partial charge in [0, 0.05) is 0 Å². The van der Waals surface area contributed by atoms with Gasteiger partial charge < -0.3 is 4.90 Å². The highest BCUT2D eigenvalue weighted by atomic mass is 32.2. The molecular formula is C16H14N2OS2. The first-order valence-corrected chi connectivity index (χ1v) is 8.53. The van der Waals surface area contributed by atoms with E-state index in [0.29, 0.717) is 5.11 Å². The normalized spacial score (nSPS) is 22.0. The molecule has 3 nitrogen and oxygen atoms in total. The van der Waals surface area contributed by atoms with Crippen LogP contribution in [-0.2, 0) is 4.79 Å². The molecule has 21 heavy (non-hydrogen) atoms. The molecule has 2 aliphatic rings. The van der Waals surface area contributed by atoms with Crippen molar-refractivity contribution in [2.75, 3.05) is 16.5 Å². The molecule has 0 aromatic heterocycles. The SMILES string of the molecule is O=C1C2CCSCN2C(=S)N1c1ccc2ccccc2c1. The van der Waals surface area contributed by atoms with Crippen LogP contribution in [0.2, 0.25) is 0 Å². The maximum absolute atomic E-state index is 12.7. The first-order valence-electron chi connectivity index (χ1n) is 6.97. The second-order valence-corrected chi connectivity index (χ2v) is 6.74. The minimum atomic E-state index is -0.0646. The van der Waals surface area contributed by atoms with Gasteiger partial charge in [0.15, 0.2) is 5.11 Å². The number of carbonyl (C=O) groups is 1. The maximum Gasteiger partial charge on any atom is 0.256 e. The van der Waals surface area contributed by atoms with Crippen molar-refractivity contribution in [3.63, 3.8) is 0 Å². The number of amides is 1. The molecular weight excluding hydrogens is 300 g/mol. The van der Waals surface area contributed by atoms with Gasteiger partial charge in [-0.05, 0) is 47.3 Å². The van der Waals surface area contributed by atoms with Gasteiger partial charge in [0.05, 0.1) is 11.6 Å². The summed E-state index contributed by atoms with van der Waals surface area (Å²) in [7, 11) is 0. The van der Waals surface area contributed by atoms with Crippen LogP contribution in [0.1, 0.15) is 6.42 Å². The van der Waals surface area contributed by atoms with Crippen LogP contribution in [0.5, 0.6) is 0 Å². The second-order valence-electron chi connectivity index (χ2n) is 5.30. The largest absolute Gasteiger partial charge is 0.327 e. The Morgan fingerprint density at radius 3 is 2.76 bits per heavy atom. The Hall–Kier alpha value is -1.59. The first-order chi connectivity index (χ1) is 10.3. The van der Waals surface area contributed by atoms with Crippen molar-refractivity contribution in [1.29, 1.82) is 0 Å². The van der Waals surface area contributed by atoms with E-state index in [9.17, 15) is 4.79 Å². The van der Waals surface area contributed by atoms with Gasteiger partial charge >= 0.3 is 0 Å². The molecule has 0 aliphatic carbocycles. The third-order valence-electron chi connectivity index (χ3n) is 4.08. The highest BCUT2D eigenvalue weighted by Crippen LogP contribution is 2.33. The fraction of sp³-hybridized carbons (Fsp3) is 0.250. The molecule has 2 heterocycles. The summed E-state index contributed by atoms with van der Waals surface area (Å²) in [6.07, 6.45) is 0.883. The van der Waals surface area contributed by atoms with Gasteiger partial charge in [-0.25, -0.2) is 0 Å². The van der Waals surface area contributed by atoms with Gasteiger partial charge in [-0.15, -0.1) is 11.8 Å². The van der Waals surface area contributed by atoms with Crippen LogP contribution in [0.25, 0.3) is 10.8 Å². The van der Waals surface area contributed by atoms with E-state index in [1.807, 2.05) is 42.1 Å². The molecule has 0 saturated carbocycles. The molecule has 1 amide bonds. The average Bonchev–Trinajstić information content (AvgIpc) is 2.79. The van der Waals surface area contributed by atoms with Crippen LogP contribution >= 0.6 is 24.0 Å². The summed E-state index contributed by atoms with van der Waals surface area (Å²) in [6.45, 7) is 0. The monoisotopic (exact) mass is 314 g/mol. The zero-order valence-electron chi connectivity index (χ0n) is 11.4. The Kier molecular flexibility index (Phi) is 3.12. The smallest absolute Gasteiger partial charge is 0.256 e. The predicted octanol–water partition coefficient (Wildman–Crippen LogP) is 3.24. The first kappa shape index (κ1) is 13.1. The number of hydrogen-bond acceptors (Lipinski definition) is 3.